The van der Waals surface area contributed by atoms with Crippen molar-refractivity contribution in [2.24, 2.45) is 10.9 Å². The van der Waals surface area contributed by atoms with Crippen LogP contribution in [0.1, 0.15) is 42.7 Å². The maximum Gasteiger partial charge on any atom is 0.315 e. The van der Waals surface area contributed by atoms with E-state index in [9.17, 15) is 9.59 Å². The Kier molecular flexibility index (Phi) is 6.62. The molecule has 0 fully saturated rings. The lowest BCUT2D eigenvalue weighted by Crippen LogP contribution is -2.38. The molecule has 0 bridgehead atoms. The predicted octanol–water partition coefficient (Wildman–Crippen LogP) is 4.83. The number of rotatable bonds is 6. The molecule has 0 N–H and O–H groups in total. The van der Waals surface area contributed by atoms with E-state index in [0.29, 0.717) is 51.9 Å². The van der Waals surface area contributed by atoms with E-state index in [0.717, 1.165) is 5.56 Å². The number of carbonyl (C=O) groups excluding carboxylic acids is 2. The zero-order valence-corrected chi connectivity index (χ0v) is 20.3. The number of aliphatic imine (C=N–C) groups is 1. The molecule has 182 valence electrons. The molecule has 0 aromatic heterocycles. The highest BCUT2D eigenvalue weighted by molar-refractivity contribution is 6.32. The fourth-order valence-corrected chi connectivity index (χ4v) is 5.42. The van der Waals surface area contributed by atoms with Gasteiger partial charge in [-0.05, 0) is 36.5 Å². The number of benzene rings is 2. The van der Waals surface area contributed by atoms with Crippen LogP contribution < -0.4 is 9.47 Å². The highest BCUT2D eigenvalue weighted by Gasteiger charge is 2.46. The molecule has 0 spiro atoms. The number of ether oxygens (including phenoxy) is 4. The monoisotopic (exact) mass is 495 g/mol. The molecule has 1 aliphatic carbocycles. The van der Waals surface area contributed by atoms with Crippen LogP contribution in [0.5, 0.6) is 11.5 Å². The lowest BCUT2D eigenvalue weighted by molar-refractivity contribution is -0.147. The third-order valence-electron chi connectivity index (χ3n) is 6.77. The number of hydrogen-bond acceptors (Lipinski definition) is 7. The van der Waals surface area contributed by atoms with Crippen molar-refractivity contribution in [3.63, 3.8) is 0 Å². The third kappa shape index (κ3) is 4.46. The summed E-state index contributed by atoms with van der Waals surface area (Å²) in [5.74, 6) is -0.839. The highest BCUT2D eigenvalue weighted by atomic mass is 35.5. The van der Waals surface area contributed by atoms with E-state index in [-0.39, 0.29) is 31.7 Å². The number of hydrogen-bond donors (Lipinski definition) is 0. The number of halogens is 1. The molecular weight excluding hydrogens is 470 g/mol. The van der Waals surface area contributed by atoms with Crippen LogP contribution in [0.15, 0.2) is 58.7 Å². The Morgan fingerprint density at radius 1 is 1.11 bits per heavy atom. The number of fused-ring (bicyclic) bond motifs is 1. The van der Waals surface area contributed by atoms with Crippen LogP contribution in [-0.2, 0) is 19.1 Å². The van der Waals surface area contributed by atoms with Gasteiger partial charge in [-0.3, -0.25) is 14.6 Å². The molecule has 0 radical (unpaired) electrons. The topological polar surface area (TPSA) is 83.4 Å². The number of allylic oxidation sites excluding steroid dienone is 2. The number of carbonyl (C=O) groups is 2. The second kappa shape index (κ2) is 9.84. The Labute approximate surface area is 208 Å². The minimum Gasteiger partial charge on any atom is -0.463 e. The fraction of sp³-hybridized carbons (Fsp3) is 0.370. The SMILES string of the molecule is COCCOC(=O)C1C(C)=NC2=C(C(=O)C[C@@H](c3ccccc3)C2)[C@@H]1c1cc2c(cc1Cl)OCO2. The van der Waals surface area contributed by atoms with Crippen LogP contribution in [0.3, 0.4) is 0 Å². The van der Waals surface area contributed by atoms with Crippen molar-refractivity contribution >= 4 is 29.1 Å². The van der Waals surface area contributed by atoms with Crippen LogP contribution in [0.2, 0.25) is 5.02 Å². The molecule has 7 nitrogen and oxygen atoms in total. The van der Waals surface area contributed by atoms with Crippen molar-refractivity contribution in [2.45, 2.75) is 31.6 Å². The van der Waals surface area contributed by atoms with Gasteiger partial charge in [-0.25, -0.2) is 0 Å². The van der Waals surface area contributed by atoms with Crippen LogP contribution in [-0.4, -0.2) is 44.6 Å². The van der Waals surface area contributed by atoms with Gasteiger partial charge in [0.25, 0.3) is 0 Å². The van der Waals surface area contributed by atoms with Gasteiger partial charge >= 0.3 is 5.97 Å². The van der Waals surface area contributed by atoms with Crippen molar-refractivity contribution in [3.05, 3.63) is 69.9 Å². The van der Waals surface area contributed by atoms with Crippen molar-refractivity contribution in [3.8, 4) is 11.5 Å². The summed E-state index contributed by atoms with van der Waals surface area (Å²) in [5, 5.41) is 0.397. The number of esters is 1. The van der Waals surface area contributed by atoms with Crippen LogP contribution in [0, 0.1) is 5.92 Å². The summed E-state index contributed by atoms with van der Waals surface area (Å²) in [6.07, 6.45) is 0.939. The molecule has 3 atom stereocenters. The molecule has 0 saturated carbocycles. The Balaban J connectivity index is 1.59. The quantitative estimate of drug-likeness (QED) is 0.421. The van der Waals surface area contributed by atoms with Gasteiger partial charge in [0, 0.05) is 47.5 Å². The average molecular weight is 496 g/mol. The van der Waals surface area contributed by atoms with E-state index in [1.54, 1.807) is 19.1 Å². The number of methoxy groups -OCH3 is 1. The summed E-state index contributed by atoms with van der Waals surface area (Å²) in [4.78, 5) is 31.7. The normalized spacial score (nSPS) is 23.1. The van der Waals surface area contributed by atoms with E-state index in [2.05, 4.69) is 0 Å². The van der Waals surface area contributed by atoms with Crippen LogP contribution in [0.25, 0.3) is 0 Å². The van der Waals surface area contributed by atoms with Gasteiger partial charge < -0.3 is 18.9 Å². The smallest absolute Gasteiger partial charge is 0.315 e. The van der Waals surface area contributed by atoms with Crippen molar-refractivity contribution in [1.82, 2.24) is 0 Å². The first-order valence-corrected chi connectivity index (χ1v) is 12.0. The second-order valence-electron chi connectivity index (χ2n) is 8.90. The summed E-state index contributed by atoms with van der Waals surface area (Å²) >= 11 is 6.71. The molecule has 35 heavy (non-hydrogen) atoms. The second-order valence-corrected chi connectivity index (χ2v) is 9.30. The molecule has 5 rings (SSSR count). The molecule has 2 aromatic rings. The summed E-state index contributed by atoms with van der Waals surface area (Å²) in [6.45, 7) is 2.28. The molecule has 2 aliphatic heterocycles. The maximum atomic E-state index is 13.7. The first-order chi connectivity index (χ1) is 17.0. The molecule has 8 heteroatoms. The lowest BCUT2D eigenvalue weighted by Gasteiger charge is -2.36. The van der Waals surface area contributed by atoms with Gasteiger partial charge in [-0.2, -0.15) is 0 Å². The summed E-state index contributed by atoms with van der Waals surface area (Å²) in [5.41, 5.74) is 3.54. The predicted molar refractivity (Wildman–Crippen MR) is 130 cm³/mol. The van der Waals surface area contributed by atoms with Gasteiger partial charge in [-0.1, -0.05) is 41.9 Å². The molecule has 2 aromatic carbocycles. The summed E-state index contributed by atoms with van der Waals surface area (Å²) in [7, 11) is 1.54. The Hall–Kier alpha value is -3.16. The third-order valence-corrected chi connectivity index (χ3v) is 7.10. The molecule has 1 unspecified atom stereocenters. The van der Waals surface area contributed by atoms with Gasteiger partial charge in [0.2, 0.25) is 6.79 Å². The summed E-state index contributed by atoms with van der Waals surface area (Å²) < 4.78 is 21.6. The van der Waals surface area contributed by atoms with Gasteiger partial charge in [0.05, 0.1) is 6.61 Å². The fourth-order valence-electron chi connectivity index (χ4n) is 5.15. The van der Waals surface area contributed by atoms with Crippen molar-refractivity contribution < 1.29 is 28.5 Å². The van der Waals surface area contributed by atoms with Crippen molar-refractivity contribution in [1.29, 1.82) is 0 Å². The molecule has 0 saturated heterocycles. The van der Waals surface area contributed by atoms with E-state index in [1.165, 1.54) is 7.11 Å². The van der Waals surface area contributed by atoms with E-state index >= 15 is 0 Å². The Bertz CT molecular complexity index is 1220. The zero-order valence-electron chi connectivity index (χ0n) is 19.6. The molecule has 3 aliphatic rings. The average Bonchev–Trinajstić information content (AvgIpc) is 3.30. The standard InChI is InChI=1S/C27H26ClNO6/c1-15-24(27(31)33-9-8-32-2)25(18-12-22-23(13-19(18)28)35-14-34-22)26-20(29-15)10-17(11-21(26)30)16-6-4-3-5-7-16/h3-7,12-13,17,24-25H,8-11,14H2,1-2H3/t17-,24?,25+/m0/s1. The zero-order chi connectivity index (χ0) is 24.5. The minimum absolute atomic E-state index is 0.0251. The van der Waals surface area contributed by atoms with Gasteiger partial charge in [0.1, 0.15) is 12.5 Å². The summed E-state index contributed by atoms with van der Waals surface area (Å²) in [6, 6.07) is 13.4. The molecule has 0 amide bonds. The number of Topliss-reactive ketones (excluding diaryl/α,β-unsaturated/α-hetero) is 1. The van der Waals surface area contributed by atoms with Crippen molar-refractivity contribution in [2.75, 3.05) is 27.1 Å². The van der Waals surface area contributed by atoms with E-state index < -0.39 is 17.8 Å². The largest absolute Gasteiger partial charge is 0.463 e. The van der Waals surface area contributed by atoms with Gasteiger partial charge in [0.15, 0.2) is 17.3 Å². The van der Waals surface area contributed by atoms with E-state index in [1.807, 2.05) is 30.3 Å². The Morgan fingerprint density at radius 3 is 2.60 bits per heavy atom. The maximum absolute atomic E-state index is 13.7. The minimum atomic E-state index is -0.791. The number of ketones is 1. The van der Waals surface area contributed by atoms with Crippen LogP contribution >= 0.6 is 11.6 Å². The number of nitrogens with zero attached hydrogens (tertiary/aromatic N) is 1. The first-order valence-electron chi connectivity index (χ1n) is 11.6. The van der Waals surface area contributed by atoms with Crippen LogP contribution in [0.4, 0.5) is 0 Å². The molecule has 2 heterocycles. The highest BCUT2D eigenvalue weighted by Crippen LogP contribution is 2.50. The Morgan fingerprint density at radius 2 is 1.86 bits per heavy atom. The van der Waals surface area contributed by atoms with E-state index in [4.69, 9.17) is 35.5 Å². The first kappa shape index (κ1) is 23.6. The molecular formula is C27H26ClNO6. The van der Waals surface area contributed by atoms with Gasteiger partial charge in [-0.15, -0.1) is 0 Å². The lowest BCUT2D eigenvalue weighted by atomic mass is 9.69.